The fourth-order valence-electron chi connectivity index (χ4n) is 1.87. The number of aryl methyl sites for hydroxylation is 2. The molecule has 0 aliphatic carbocycles. The average Bonchev–Trinajstić information content (AvgIpc) is 2.18. The highest BCUT2D eigenvalue weighted by atomic mass is 32.1. The maximum Gasteiger partial charge on any atom is 0.0153 e. The molecular weight excluding hydrogens is 188 g/mol. The lowest BCUT2D eigenvalue weighted by molar-refractivity contribution is 1.10. The van der Waals surface area contributed by atoms with Crippen molar-refractivity contribution in [1.29, 1.82) is 0 Å². The van der Waals surface area contributed by atoms with E-state index in [9.17, 15) is 0 Å². The second kappa shape index (κ2) is 3.66. The summed E-state index contributed by atoms with van der Waals surface area (Å²) in [6.07, 6.45) is 1.04. The van der Waals surface area contributed by atoms with Gasteiger partial charge in [-0.1, -0.05) is 37.3 Å². The zero-order chi connectivity index (χ0) is 10.1. The summed E-state index contributed by atoms with van der Waals surface area (Å²) in [5.74, 6) is 0. The van der Waals surface area contributed by atoms with Gasteiger partial charge in [-0.15, -0.1) is 12.6 Å². The van der Waals surface area contributed by atoms with Gasteiger partial charge in [0.15, 0.2) is 0 Å². The fraction of sp³-hybridized carbons (Fsp3) is 0.231. The van der Waals surface area contributed by atoms with Crippen LogP contribution in [0.1, 0.15) is 18.1 Å². The molecule has 0 fully saturated rings. The first-order valence-corrected chi connectivity index (χ1v) is 5.39. The molecule has 2 aromatic carbocycles. The first kappa shape index (κ1) is 9.60. The van der Waals surface area contributed by atoms with Gasteiger partial charge in [0.2, 0.25) is 0 Å². The van der Waals surface area contributed by atoms with Crippen LogP contribution in [0.3, 0.4) is 0 Å². The molecule has 0 aliphatic rings. The molecule has 0 unspecified atom stereocenters. The van der Waals surface area contributed by atoms with Crippen LogP contribution in [0.4, 0.5) is 0 Å². The molecule has 0 aromatic heterocycles. The minimum Gasteiger partial charge on any atom is -0.142 e. The quantitative estimate of drug-likeness (QED) is 0.664. The Balaban J connectivity index is 2.86. The van der Waals surface area contributed by atoms with Crippen LogP contribution in [0.25, 0.3) is 10.8 Å². The van der Waals surface area contributed by atoms with E-state index in [1.165, 1.54) is 21.9 Å². The van der Waals surface area contributed by atoms with E-state index in [0.29, 0.717) is 0 Å². The maximum absolute atomic E-state index is 4.61. The van der Waals surface area contributed by atoms with E-state index in [1.807, 2.05) is 0 Å². The van der Waals surface area contributed by atoms with Crippen LogP contribution in [-0.4, -0.2) is 0 Å². The Kier molecular flexibility index (Phi) is 2.51. The van der Waals surface area contributed by atoms with E-state index in [-0.39, 0.29) is 0 Å². The van der Waals surface area contributed by atoms with E-state index in [4.69, 9.17) is 0 Å². The third kappa shape index (κ3) is 1.42. The molecule has 0 saturated heterocycles. The lowest BCUT2D eigenvalue weighted by Crippen LogP contribution is -1.87. The fourth-order valence-corrected chi connectivity index (χ4v) is 2.41. The number of fused-ring (bicyclic) bond motifs is 1. The molecule has 0 spiro atoms. The molecule has 0 atom stereocenters. The molecule has 0 amide bonds. The lowest BCUT2D eigenvalue weighted by Gasteiger charge is -2.08. The van der Waals surface area contributed by atoms with Crippen LogP contribution in [0, 0.1) is 6.92 Å². The molecule has 1 heteroatoms. The Morgan fingerprint density at radius 1 is 1.14 bits per heavy atom. The van der Waals surface area contributed by atoms with Gasteiger partial charge >= 0.3 is 0 Å². The van der Waals surface area contributed by atoms with E-state index in [2.05, 4.69) is 56.8 Å². The summed E-state index contributed by atoms with van der Waals surface area (Å²) in [6, 6.07) is 10.7. The van der Waals surface area contributed by atoms with Gasteiger partial charge in [0.05, 0.1) is 0 Å². The summed E-state index contributed by atoms with van der Waals surface area (Å²) in [6.45, 7) is 4.31. The minimum atomic E-state index is 1.04. The van der Waals surface area contributed by atoms with Crippen molar-refractivity contribution in [2.75, 3.05) is 0 Å². The summed E-state index contributed by atoms with van der Waals surface area (Å²) in [5, 5.41) is 2.59. The predicted molar refractivity (Wildman–Crippen MR) is 65.3 cm³/mol. The third-order valence-electron chi connectivity index (χ3n) is 2.69. The zero-order valence-electron chi connectivity index (χ0n) is 8.54. The number of rotatable bonds is 1. The standard InChI is InChI=1S/C13H14S/c1-3-10-7-8-11-6-4-5-9(2)12(11)13(10)14/h4-8,14H,3H2,1-2H3. The Bertz CT molecular complexity index is 472. The van der Waals surface area contributed by atoms with Gasteiger partial charge in [0.1, 0.15) is 0 Å². The van der Waals surface area contributed by atoms with Crippen LogP contribution in [0.15, 0.2) is 35.2 Å². The molecule has 0 heterocycles. The second-order valence-corrected chi connectivity index (χ2v) is 4.05. The van der Waals surface area contributed by atoms with Crippen molar-refractivity contribution >= 4 is 23.4 Å². The summed E-state index contributed by atoms with van der Waals surface area (Å²) in [7, 11) is 0. The highest BCUT2D eigenvalue weighted by Gasteiger charge is 2.04. The molecule has 0 radical (unpaired) electrons. The predicted octanol–water partition coefficient (Wildman–Crippen LogP) is 4.00. The van der Waals surface area contributed by atoms with Crippen molar-refractivity contribution in [3.05, 3.63) is 41.5 Å². The van der Waals surface area contributed by atoms with Crippen molar-refractivity contribution in [2.45, 2.75) is 25.2 Å². The van der Waals surface area contributed by atoms with Crippen LogP contribution in [-0.2, 0) is 6.42 Å². The number of benzene rings is 2. The van der Waals surface area contributed by atoms with Crippen molar-refractivity contribution in [3.8, 4) is 0 Å². The van der Waals surface area contributed by atoms with Crippen LogP contribution in [0.2, 0.25) is 0 Å². The Morgan fingerprint density at radius 3 is 2.64 bits per heavy atom. The maximum atomic E-state index is 4.61. The van der Waals surface area contributed by atoms with Gasteiger partial charge in [0.25, 0.3) is 0 Å². The van der Waals surface area contributed by atoms with E-state index in [0.717, 1.165) is 11.3 Å². The smallest absolute Gasteiger partial charge is 0.0153 e. The van der Waals surface area contributed by atoms with Crippen molar-refractivity contribution < 1.29 is 0 Å². The first-order chi connectivity index (χ1) is 6.74. The van der Waals surface area contributed by atoms with Gasteiger partial charge in [-0.05, 0) is 35.2 Å². The van der Waals surface area contributed by atoms with Gasteiger partial charge in [-0.3, -0.25) is 0 Å². The second-order valence-electron chi connectivity index (χ2n) is 3.60. The topological polar surface area (TPSA) is 0 Å². The molecule has 2 aromatic rings. The van der Waals surface area contributed by atoms with Crippen molar-refractivity contribution in [1.82, 2.24) is 0 Å². The van der Waals surface area contributed by atoms with Crippen LogP contribution in [0.5, 0.6) is 0 Å². The lowest BCUT2D eigenvalue weighted by atomic mass is 10.0. The largest absolute Gasteiger partial charge is 0.142 e. The van der Waals surface area contributed by atoms with Gasteiger partial charge in [0, 0.05) is 4.90 Å². The molecule has 0 nitrogen and oxygen atoms in total. The molecule has 72 valence electrons. The van der Waals surface area contributed by atoms with Crippen molar-refractivity contribution in [2.24, 2.45) is 0 Å². The van der Waals surface area contributed by atoms with Gasteiger partial charge in [-0.2, -0.15) is 0 Å². The Hall–Kier alpha value is -0.950. The molecular formula is C13H14S. The summed E-state index contributed by atoms with van der Waals surface area (Å²) in [4.78, 5) is 1.14. The van der Waals surface area contributed by atoms with Crippen molar-refractivity contribution in [3.63, 3.8) is 0 Å². The van der Waals surface area contributed by atoms with E-state index >= 15 is 0 Å². The summed E-state index contributed by atoms with van der Waals surface area (Å²) >= 11 is 4.61. The number of hydrogen-bond donors (Lipinski definition) is 1. The number of thiol groups is 1. The van der Waals surface area contributed by atoms with Crippen LogP contribution >= 0.6 is 12.6 Å². The minimum absolute atomic E-state index is 1.04. The normalized spacial score (nSPS) is 10.8. The Morgan fingerprint density at radius 2 is 1.93 bits per heavy atom. The SMILES string of the molecule is CCc1ccc2cccc(C)c2c1S. The molecule has 2 rings (SSSR count). The molecule has 14 heavy (non-hydrogen) atoms. The molecule has 0 aliphatic heterocycles. The highest BCUT2D eigenvalue weighted by molar-refractivity contribution is 7.80. The zero-order valence-corrected chi connectivity index (χ0v) is 9.44. The average molecular weight is 202 g/mol. The van der Waals surface area contributed by atoms with Crippen LogP contribution < -0.4 is 0 Å². The highest BCUT2D eigenvalue weighted by Crippen LogP contribution is 2.28. The third-order valence-corrected chi connectivity index (χ3v) is 3.20. The van der Waals surface area contributed by atoms with E-state index in [1.54, 1.807) is 0 Å². The first-order valence-electron chi connectivity index (χ1n) is 4.94. The molecule has 0 N–H and O–H groups in total. The van der Waals surface area contributed by atoms with Gasteiger partial charge < -0.3 is 0 Å². The summed E-state index contributed by atoms with van der Waals surface area (Å²) < 4.78 is 0. The molecule has 0 bridgehead atoms. The van der Waals surface area contributed by atoms with E-state index < -0.39 is 0 Å². The number of hydrogen-bond acceptors (Lipinski definition) is 1. The molecule has 0 saturated carbocycles. The summed E-state index contributed by atoms with van der Waals surface area (Å²) in [5.41, 5.74) is 2.64. The van der Waals surface area contributed by atoms with Gasteiger partial charge in [-0.25, -0.2) is 0 Å². The monoisotopic (exact) mass is 202 g/mol. The Labute approximate surface area is 90.4 Å².